The van der Waals surface area contributed by atoms with Crippen LogP contribution >= 0.6 is 0 Å². The van der Waals surface area contributed by atoms with Gasteiger partial charge < -0.3 is 29.9 Å². The predicted molar refractivity (Wildman–Crippen MR) is 200 cm³/mol. The predicted octanol–water partition coefficient (Wildman–Crippen LogP) is 6.38. The molecule has 12 heteroatoms. The Hall–Kier alpha value is -5.14. The van der Waals surface area contributed by atoms with Crippen LogP contribution in [0, 0.1) is 10.1 Å². The van der Waals surface area contributed by atoms with Crippen LogP contribution in [-0.4, -0.2) is 70.7 Å². The van der Waals surface area contributed by atoms with Gasteiger partial charge in [0.05, 0.1) is 23.7 Å². The zero-order valence-electron chi connectivity index (χ0n) is 29.6. The number of carboxylic acids is 1. The first-order chi connectivity index (χ1) is 25.7. The Morgan fingerprint density at radius 1 is 0.811 bits per heavy atom. The van der Waals surface area contributed by atoms with Gasteiger partial charge in [0.2, 0.25) is 5.91 Å². The number of ether oxygens (including phenoxy) is 2. The third-order valence-corrected chi connectivity index (χ3v) is 9.83. The number of nitro groups is 1. The quantitative estimate of drug-likeness (QED) is 0.0715. The van der Waals surface area contributed by atoms with Gasteiger partial charge in [0.1, 0.15) is 0 Å². The Bertz CT molecular complexity index is 1840. The number of piperazine rings is 1. The number of aliphatic carboxylic acids is 1. The number of nitrogens with zero attached hydrogens (tertiary/aromatic N) is 3. The molecule has 0 bridgehead atoms. The fourth-order valence-electron chi connectivity index (χ4n) is 6.87. The SMILES string of the molecule is O=C(O)CCCCC(=O)NCc1cccc(-c2cccc([C@@H]3O[C@H](CN4CCN(c5ccc([N+](=O)[O-])cc5)CC4)C[C@H](c4ccc(CO)cc4)O3)c2)c1. The Kier molecular flexibility index (Phi) is 12.8. The number of carbonyl (C=O) groups is 2. The zero-order chi connectivity index (χ0) is 37.2. The van der Waals surface area contributed by atoms with Crippen molar-refractivity contribution in [3.8, 4) is 11.1 Å². The van der Waals surface area contributed by atoms with Gasteiger partial charge in [0.25, 0.3) is 5.69 Å². The number of non-ortho nitro benzene ring substituents is 1. The highest BCUT2D eigenvalue weighted by molar-refractivity contribution is 5.76. The monoisotopic (exact) mass is 722 g/mol. The van der Waals surface area contributed by atoms with Gasteiger partial charge in [0, 0.05) is 81.9 Å². The lowest BCUT2D eigenvalue weighted by molar-refractivity contribution is -0.384. The van der Waals surface area contributed by atoms with Crippen molar-refractivity contribution in [2.75, 3.05) is 37.6 Å². The molecule has 0 radical (unpaired) electrons. The van der Waals surface area contributed by atoms with E-state index in [4.69, 9.17) is 14.6 Å². The van der Waals surface area contributed by atoms with E-state index in [1.54, 1.807) is 12.1 Å². The van der Waals surface area contributed by atoms with E-state index in [-0.39, 0.29) is 41.8 Å². The third kappa shape index (κ3) is 10.5. The van der Waals surface area contributed by atoms with E-state index >= 15 is 0 Å². The molecule has 1 amide bonds. The molecule has 12 nitrogen and oxygen atoms in total. The highest BCUT2D eigenvalue weighted by Crippen LogP contribution is 2.39. The molecule has 4 aromatic rings. The van der Waals surface area contributed by atoms with Crippen LogP contribution in [0.2, 0.25) is 0 Å². The molecule has 2 saturated heterocycles. The van der Waals surface area contributed by atoms with Gasteiger partial charge in [-0.15, -0.1) is 0 Å². The van der Waals surface area contributed by atoms with Crippen LogP contribution < -0.4 is 10.2 Å². The smallest absolute Gasteiger partial charge is 0.303 e. The number of aliphatic hydroxyl groups excluding tert-OH is 1. The standard InChI is InChI=1S/C41H46N4O8/c46-28-29-11-13-31(14-12-29)38-25-37(27-43-19-21-44(22-20-43)35-15-17-36(18-16-35)45(50)51)52-41(53-38)34-8-4-7-33(24-34)32-6-3-5-30(23-32)26-42-39(47)9-1-2-10-40(48)49/h3-8,11-18,23-24,37-38,41,46H,1-2,9-10,19-22,25-28H2,(H,42,47)(H,48,49)/t37-,38+,41+/m0/s1. The summed E-state index contributed by atoms with van der Waals surface area (Å²) in [4.78, 5) is 38.4. The van der Waals surface area contributed by atoms with Gasteiger partial charge >= 0.3 is 5.97 Å². The number of nitrogens with one attached hydrogen (secondary N) is 1. The lowest BCUT2D eigenvalue weighted by Crippen LogP contribution is -2.49. The summed E-state index contributed by atoms with van der Waals surface area (Å²) < 4.78 is 13.3. The average molecular weight is 723 g/mol. The van der Waals surface area contributed by atoms with Crippen molar-refractivity contribution in [3.05, 3.63) is 129 Å². The number of anilines is 1. The minimum atomic E-state index is -0.852. The number of rotatable bonds is 15. The fraction of sp³-hybridized carbons (Fsp3) is 0.366. The Labute approximate surface area is 309 Å². The van der Waals surface area contributed by atoms with Crippen molar-refractivity contribution in [2.45, 2.75) is 63.8 Å². The number of unbranched alkanes of at least 4 members (excludes halogenated alkanes) is 1. The number of carbonyl (C=O) groups excluding carboxylic acids is 1. The van der Waals surface area contributed by atoms with Gasteiger partial charge in [-0.1, -0.05) is 60.7 Å². The van der Waals surface area contributed by atoms with Gasteiger partial charge in [-0.2, -0.15) is 0 Å². The van der Waals surface area contributed by atoms with Gasteiger partial charge in [0.15, 0.2) is 6.29 Å². The molecule has 0 spiro atoms. The Morgan fingerprint density at radius 2 is 1.51 bits per heavy atom. The molecular formula is C41H46N4O8. The highest BCUT2D eigenvalue weighted by atomic mass is 16.7. The van der Waals surface area contributed by atoms with Crippen LogP contribution in [0.15, 0.2) is 97.1 Å². The maximum Gasteiger partial charge on any atom is 0.303 e. The van der Waals surface area contributed by atoms with Gasteiger partial charge in [-0.05, 0) is 64.9 Å². The van der Waals surface area contributed by atoms with E-state index in [2.05, 4.69) is 27.2 Å². The van der Waals surface area contributed by atoms with E-state index < -0.39 is 12.3 Å². The lowest BCUT2D eigenvalue weighted by Gasteiger charge is -2.41. The minimum absolute atomic E-state index is 0.0268. The molecule has 278 valence electrons. The molecule has 2 aliphatic heterocycles. The number of benzene rings is 4. The molecule has 4 aromatic carbocycles. The fourth-order valence-corrected chi connectivity index (χ4v) is 6.87. The van der Waals surface area contributed by atoms with Crippen LogP contribution in [0.25, 0.3) is 11.1 Å². The maximum atomic E-state index is 12.3. The normalized spacial score (nSPS) is 19.1. The number of nitro benzene ring substituents is 1. The van der Waals surface area contributed by atoms with Crippen LogP contribution in [0.5, 0.6) is 0 Å². The molecule has 6 rings (SSSR count). The van der Waals surface area contributed by atoms with Crippen LogP contribution in [-0.2, 0) is 32.2 Å². The Balaban J connectivity index is 1.12. The molecule has 0 unspecified atom stereocenters. The van der Waals surface area contributed by atoms with Crippen molar-refractivity contribution >= 4 is 23.3 Å². The topological polar surface area (TPSA) is 155 Å². The minimum Gasteiger partial charge on any atom is -0.481 e. The van der Waals surface area contributed by atoms with E-state index in [9.17, 15) is 24.8 Å². The second-order valence-electron chi connectivity index (χ2n) is 13.6. The largest absolute Gasteiger partial charge is 0.481 e. The number of hydrogen-bond donors (Lipinski definition) is 3. The summed E-state index contributed by atoms with van der Waals surface area (Å²) in [7, 11) is 0. The summed E-state index contributed by atoms with van der Waals surface area (Å²) in [6.45, 7) is 4.33. The molecule has 0 aliphatic carbocycles. The van der Waals surface area contributed by atoms with E-state index in [1.807, 2.05) is 72.8 Å². The number of aliphatic hydroxyl groups is 1. The number of carboxylic acid groups (broad SMARTS) is 1. The molecular weight excluding hydrogens is 676 g/mol. The highest BCUT2D eigenvalue weighted by Gasteiger charge is 2.34. The van der Waals surface area contributed by atoms with Crippen molar-refractivity contribution in [2.24, 2.45) is 0 Å². The lowest BCUT2D eigenvalue weighted by atomic mass is 9.98. The second-order valence-corrected chi connectivity index (χ2v) is 13.6. The molecule has 2 aliphatic rings. The summed E-state index contributed by atoms with van der Waals surface area (Å²) >= 11 is 0. The molecule has 3 atom stereocenters. The second kappa shape index (κ2) is 18.1. The number of hydrogen-bond acceptors (Lipinski definition) is 9. The van der Waals surface area contributed by atoms with Gasteiger partial charge in [-0.25, -0.2) is 0 Å². The zero-order valence-corrected chi connectivity index (χ0v) is 29.6. The molecule has 2 fully saturated rings. The van der Waals surface area contributed by atoms with Crippen molar-refractivity contribution in [1.29, 1.82) is 0 Å². The molecule has 3 N–H and O–H groups in total. The van der Waals surface area contributed by atoms with E-state index in [1.165, 1.54) is 0 Å². The maximum absolute atomic E-state index is 12.3. The van der Waals surface area contributed by atoms with Crippen LogP contribution in [0.4, 0.5) is 11.4 Å². The van der Waals surface area contributed by atoms with Crippen molar-refractivity contribution in [3.63, 3.8) is 0 Å². The first-order valence-corrected chi connectivity index (χ1v) is 18.1. The van der Waals surface area contributed by atoms with E-state index in [0.29, 0.717) is 32.2 Å². The molecule has 53 heavy (non-hydrogen) atoms. The molecule has 0 aromatic heterocycles. The number of amides is 1. The Morgan fingerprint density at radius 3 is 2.21 bits per heavy atom. The first kappa shape index (κ1) is 37.6. The van der Waals surface area contributed by atoms with E-state index in [0.717, 1.165) is 71.8 Å². The van der Waals surface area contributed by atoms with Crippen molar-refractivity contribution < 1.29 is 34.2 Å². The molecule has 2 heterocycles. The summed E-state index contributed by atoms with van der Waals surface area (Å²) in [6.07, 6.45) is 1.11. The van der Waals surface area contributed by atoms with Crippen LogP contribution in [0.3, 0.4) is 0 Å². The average Bonchev–Trinajstić information content (AvgIpc) is 3.19. The van der Waals surface area contributed by atoms with Crippen molar-refractivity contribution in [1.82, 2.24) is 10.2 Å². The van der Waals surface area contributed by atoms with Gasteiger partial charge in [-0.3, -0.25) is 24.6 Å². The molecule has 0 saturated carbocycles. The third-order valence-electron chi connectivity index (χ3n) is 9.83. The van der Waals surface area contributed by atoms with Crippen LogP contribution in [0.1, 0.15) is 66.8 Å². The summed E-state index contributed by atoms with van der Waals surface area (Å²) in [5.74, 6) is -0.953. The first-order valence-electron chi connectivity index (χ1n) is 18.1. The summed E-state index contributed by atoms with van der Waals surface area (Å²) in [6, 6.07) is 30.7. The summed E-state index contributed by atoms with van der Waals surface area (Å²) in [5.41, 5.74) is 6.76. The summed E-state index contributed by atoms with van der Waals surface area (Å²) in [5, 5.41) is 32.4.